The van der Waals surface area contributed by atoms with Gasteiger partial charge >= 0.3 is 0 Å². The number of hydrogen-bond donors (Lipinski definition) is 2. The first kappa shape index (κ1) is 20.7. The number of likely N-dealkylation sites (tertiary alicyclic amines) is 1. The number of benzene rings is 1. The van der Waals surface area contributed by atoms with Crippen molar-refractivity contribution in [3.8, 4) is 5.75 Å². The van der Waals surface area contributed by atoms with E-state index in [-0.39, 0.29) is 17.9 Å². The van der Waals surface area contributed by atoms with E-state index in [1.165, 1.54) is 24.8 Å². The van der Waals surface area contributed by atoms with Crippen molar-refractivity contribution in [1.82, 2.24) is 10.2 Å². The Morgan fingerprint density at radius 3 is 2.55 bits per heavy atom. The molecule has 2 aliphatic carbocycles. The van der Waals surface area contributed by atoms with Crippen LogP contribution < -0.4 is 10.1 Å². The Balaban J connectivity index is 1.52. The molecule has 3 fully saturated rings. The Morgan fingerprint density at radius 1 is 1.10 bits per heavy atom. The van der Waals surface area contributed by atoms with Gasteiger partial charge in [-0.15, -0.1) is 0 Å². The minimum atomic E-state index is -0.598. The van der Waals surface area contributed by atoms with Gasteiger partial charge in [0.25, 0.3) is 0 Å². The summed E-state index contributed by atoms with van der Waals surface area (Å²) in [5, 5.41) is 14.7. The van der Waals surface area contributed by atoms with Crippen molar-refractivity contribution in [2.45, 2.75) is 81.9 Å². The third-order valence-electron chi connectivity index (χ3n) is 7.45. The van der Waals surface area contributed by atoms with E-state index in [9.17, 15) is 9.90 Å². The zero-order valence-electron chi connectivity index (χ0n) is 17.7. The number of aliphatic hydroxyl groups is 1. The number of ether oxygens (including phenoxy) is 1. The smallest absolute Gasteiger partial charge is 0.234 e. The van der Waals surface area contributed by atoms with Crippen LogP contribution >= 0.6 is 0 Å². The Hall–Kier alpha value is -1.59. The Bertz CT molecular complexity index is 686. The molecule has 3 aliphatic rings. The zero-order chi connectivity index (χ0) is 20.3. The number of methoxy groups -OCH3 is 1. The summed E-state index contributed by atoms with van der Waals surface area (Å²) in [7, 11) is 1.68. The van der Waals surface area contributed by atoms with Crippen LogP contribution in [-0.4, -0.2) is 47.8 Å². The van der Waals surface area contributed by atoms with Crippen LogP contribution in [0.3, 0.4) is 0 Å². The summed E-state index contributed by atoms with van der Waals surface area (Å²) < 4.78 is 5.33. The second-order valence-corrected chi connectivity index (χ2v) is 9.30. The van der Waals surface area contributed by atoms with Gasteiger partial charge in [0, 0.05) is 24.5 Å². The van der Waals surface area contributed by atoms with E-state index in [4.69, 9.17) is 4.74 Å². The lowest BCUT2D eigenvalue weighted by molar-refractivity contribution is -0.138. The lowest BCUT2D eigenvalue weighted by atomic mass is 9.66. The van der Waals surface area contributed by atoms with Crippen LogP contribution in [0.25, 0.3) is 0 Å². The van der Waals surface area contributed by atoms with Crippen LogP contribution in [0.4, 0.5) is 0 Å². The Kier molecular flexibility index (Phi) is 6.45. The van der Waals surface area contributed by atoms with E-state index in [2.05, 4.69) is 22.3 Å². The van der Waals surface area contributed by atoms with Crippen molar-refractivity contribution in [3.05, 3.63) is 29.8 Å². The van der Waals surface area contributed by atoms with Gasteiger partial charge in [0.05, 0.1) is 19.3 Å². The number of carbonyl (C=O) groups is 1. The molecule has 0 spiro atoms. The van der Waals surface area contributed by atoms with Crippen LogP contribution in [-0.2, 0) is 4.79 Å². The summed E-state index contributed by atoms with van der Waals surface area (Å²) in [4.78, 5) is 15.2. The molecule has 1 aromatic carbocycles. The molecule has 1 heterocycles. The molecular weight excluding hydrogens is 364 g/mol. The van der Waals surface area contributed by atoms with E-state index >= 15 is 0 Å². The van der Waals surface area contributed by atoms with E-state index in [1.54, 1.807) is 7.11 Å². The van der Waals surface area contributed by atoms with Crippen LogP contribution in [0.5, 0.6) is 5.75 Å². The predicted molar refractivity (Wildman–Crippen MR) is 114 cm³/mol. The van der Waals surface area contributed by atoms with Gasteiger partial charge in [-0.2, -0.15) is 0 Å². The largest absolute Gasteiger partial charge is 0.497 e. The summed E-state index contributed by atoms with van der Waals surface area (Å²) in [5.41, 5.74) is 0.584. The van der Waals surface area contributed by atoms with E-state index in [0.29, 0.717) is 12.6 Å². The average molecular weight is 401 g/mol. The highest BCUT2D eigenvalue weighted by molar-refractivity contribution is 5.78. The molecule has 160 valence electrons. The number of fused-ring (bicyclic) bond motifs is 1. The van der Waals surface area contributed by atoms with Gasteiger partial charge in [0.1, 0.15) is 5.75 Å². The standard InChI is InChI=1S/C24H36N2O3/c1-29-20-12-10-18(11-13-20)23-21-9-5-6-14-24(21,28)15-16-26(23)17-22(27)25-19-7-3-2-4-8-19/h10-13,19,21,23,28H,2-9,14-17H2,1H3,(H,25,27)/t21-,23-,24+/m0/s1. The zero-order valence-corrected chi connectivity index (χ0v) is 17.7. The van der Waals surface area contributed by atoms with E-state index in [1.807, 2.05) is 12.1 Å². The molecule has 4 rings (SSSR count). The van der Waals surface area contributed by atoms with Crippen LogP contribution in [0.2, 0.25) is 0 Å². The molecule has 2 N–H and O–H groups in total. The van der Waals surface area contributed by atoms with Gasteiger partial charge in [-0.1, -0.05) is 44.2 Å². The van der Waals surface area contributed by atoms with Crippen LogP contribution in [0.15, 0.2) is 24.3 Å². The highest BCUT2D eigenvalue weighted by Crippen LogP contribution is 2.49. The van der Waals surface area contributed by atoms with Crippen molar-refractivity contribution in [1.29, 1.82) is 0 Å². The summed E-state index contributed by atoms with van der Waals surface area (Å²) in [6, 6.07) is 8.62. The monoisotopic (exact) mass is 400 g/mol. The fourth-order valence-corrected chi connectivity index (χ4v) is 5.87. The maximum atomic E-state index is 12.9. The highest BCUT2D eigenvalue weighted by atomic mass is 16.5. The molecule has 0 radical (unpaired) electrons. The lowest BCUT2D eigenvalue weighted by Gasteiger charge is -2.52. The first-order valence-corrected chi connectivity index (χ1v) is 11.5. The minimum Gasteiger partial charge on any atom is -0.497 e. The Labute approximate surface area is 174 Å². The fraction of sp³-hybridized carbons (Fsp3) is 0.708. The molecule has 29 heavy (non-hydrogen) atoms. The van der Waals surface area contributed by atoms with Crippen molar-refractivity contribution < 1.29 is 14.6 Å². The topological polar surface area (TPSA) is 61.8 Å². The van der Waals surface area contributed by atoms with Crippen molar-refractivity contribution in [2.24, 2.45) is 5.92 Å². The average Bonchev–Trinajstić information content (AvgIpc) is 2.74. The van der Waals surface area contributed by atoms with Gasteiger partial charge in [-0.05, 0) is 49.8 Å². The minimum absolute atomic E-state index is 0.0806. The summed E-state index contributed by atoms with van der Waals surface area (Å²) in [6.07, 6.45) is 10.9. The van der Waals surface area contributed by atoms with Crippen molar-refractivity contribution in [3.63, 3.8) is 0 Å². The van der Waals surface area contributed by atoms with Crippen molar-refractivity contribution >= 4 is 5.91 Å². The maximum Gasteiger partial charge on any atom is 0.234 e. The number of amides is 1. The second-order valence-electron chi connectivity index (χ2n) is 9.30. The predicted octanol–water partition coefficient (Wildman–Crippen LogP) is 3.81. The number of nitrogens with one attached hydrogen (secondary N) is 1. The van der Waals surface area contributed by atoms with E-state index < -0.39 is 5.60 Å². The molecule has 3 atom stereocenters. The number of nitrogens with zero attached hydrogens (tertiary/aromatic N) is 1. The number of hydrogen-bond acceptors (Lipinski definition) is 4. The van der Waals surface area contributed by atoms with Gasteiger partial charge in [0.2, 0.25) is 5.91 Å². The van der Waals surface area contributed by atoms with Gasteiger partial charge in [-0.3, -0.25) is 9.69 Å². The molecule has 1 amide bonds. The number of carbonyl (C=O) groups excluding carboxylic acids is 1. The van der Waals surface area contributed by atoms with E-state index in [0.717, 1.165) is 57.2 Å². The Morgan fingerprint density at radius 2 is 1.83 bits per heavy atom. The van der Waals surface area contributed by atoms with Gasteiger partial charge in [-0.25, -0.2) is 0 Å². The summed E-state index contributed by atoms with van der Waals surface area (Å²) in [6.45, 7) is 1.18. The first-order chi connectivity index (χ1) is 14.1. The van der Waals surface area contributed by atoms with Gasteiger partial charge < -0.3 is 15.2 Å². The molecule has 2 saturated carbocycles. The molecule has 1 aromatic rings. The lowest BCUT2D eigenvalue weighted by Crippen LogP contribution is -2.56. The highest BCUT2D eigenvalue weighted by Gasteiger charge is 2.49. The molecule has 0 unspecified atom stereocenters. The fourth-order valence-electron chi connectivity index (χ4n) is 5.87. The third-order valence-corrected chi connectivity index (χ3v) is 7.45. The SMILES string of the molecule is COc1ccc([C@H]2[C@@H]3CCCC[C@@]3(O)CCN2CC(=O)NC2CCCCC2)cc1. The third kappa shape index (κ3) is 4.61. The van der Waals surface area contributed by atoms with Crippen LogP contribution in [0, 0.1) is 5.92 Å². The summed E-state index contributed by atoms with van der Waals surface area (Å²) in [5.74, 6) is 1.16. The molecule has 0 aromatic heterocycles. The molecule has 5 heteroatoms. The molecule has 1 saturated heterocycles. The van der Waals surface area contributed by atoms with Gasteiger partial charge in [0.15, 0.2) is 0 Å². The second kappa shape index (κ2) is 9.05. The quantitative estimate of drug-likeness (QED) is 0.789. The molecular formula is C24H36N2O3. The molecule has 5 nitrogen and oxygen atoms in total. The number of piperidine rings is 1. The molecule has 1 aliphatic heterocycles. The molecule has 0 bridgehead atoms. The van der Waals surface area contributed by atoms with Crippen LogP contribution in [0.1, 0.15) is 75.8 Å². The normalized spacial score (nSPS) is 31.1. The first-order valence-electron chi connectivity index (χ1n) is 11.5. The maximum absolute atomic E-state index is 12.9. The summed E-state index contributed by atoms with van der Waals surface area (Å²) >= 11 is 0. The van der Waals surface area contributed by atoms with Crippen molar-refractivity contribution in [2.75, 3.05) is 20.2 Å². The number of rotatable bonds is 5.